The van der Waals surface area contributed by atoms with Gasteiger partial charge in [-0.3, -0.25) is 19.7 Å². The van der Waals surface area contributed by atoms with Crippen molar-refractivity contribution in [1.29, 1.82) is 0 Å². The number of nitro benzene ring substituents is 1. The summed E-state index contributed by atoms with van der Waals surface area (Å²) in [6.07, 6.45) is 1.55. The Labute approximate surface area is 116 Å². The monoisotopic (exact) mass is 279 g/mol. The smallest absolute Gasteiger partial charge is 0.309 e. The zero-order chi connectivity index (χ0) is 15.1. The summed E-state index contributed by atoms with van der Waals surface area (Å²) >= 11 is 0. The third-order valence-electron chi connectivity index (χ3n) is 2.85. The zero-order valence-corrected chi connectivity index (χ0v) is 11.5. The van der Waals surface area contributed by atoms with Crippen LogP contribution in [0.25, 0.3) is 0 Å². The maximum Gasteiger partial charge on any atom is 0.309 e. The molecule has 0 aromatic heterocycles. The molecule has 0 heterocycles. The molecule has 0 N–H and O–H groups in total. The largest absolute Gasteiger partial charge is 0.457 e. The van der Waals surface area contributed by atoms with Crippen molar-refractivity contribution < 1.29 is 19.2 Å². The lowest BCUT2D eigenvalue weighted by Gasteiger charge is -2.09. The van der Waals surface area contributed by atoms with E-state index in [9.17, 15) is 19.7 Å². The van der Waals surface area contributed by atoms with E-state index in [1.807, 2.05) is 6.92 Å². The van der Waals surface area contributed by atoms with E-state index in [2.05, 4.69) is 0 Å². The second kappa shape index (κ2) is 7.37. The van der Waals surface area contributed by atoms with Gasteiger partial charge in [0.15, 0.2) is 6.61 Å². The standard InChI is InChI=1S/C14H17NO5/c1-3-5-10(2)14(17)20-9-13(16)11-6-4-7-12(8-11)15(18)19/h4,6-8,10H,3,5,9H2,1-2H3. The van der Waals surface area contributed by atoms with Crippen molar-refractivity contribution in [3.8, 4) is 0 Å². The molecule has 108 valence electrons. The average molecular weight is 279 g/mol. The minimum atomic E-state index is -0.577. The van der Waals surface area contributed by atoms with Crippen LogP contribution in [0.3, 0.4) is 0 Å². The molecule has 1 aromatic carbocycles. The van der Waals surface area contributed by atoms with Gasteiger partial charge in [0, 0.05) is 17.7 Å². The highest BCUT2D eigenvalue weighted by molar-refractivity contribution is 5.98. The topological polar surface area (TPSA) is 86.5 Å². The molecule has 0 radical (unpaired) electrons. The molecule has 0 aliphatic heterocycles. The lowest BCUT2D eigenvalue weighted by Crippen LogP contribution is -2.19. The number of esters is 1. The molecular formula is C14H17NO5. The van der Waals surface area contributed by atoms with Gasteiger partial charge in [-0.1, -0.05) is 32.4 Å². The summed E-state index contributed by atoms with van der Waals surface area (Å²) in [6, 6.07) is 5.35. The van der Waals surface area contributed by atoms with Crippen LogP contribution in [0.15, 0.2) is 24.3 Å². The Balaban J connectivity index is 2.61. The Hall–Kier alpha value is -2.24. The quantitative estimate of drug-likeness (QED) is 0.331. The molecule has 0 saturated carbocycles. The van der Waals surface area contributed by atoms with E-state index in [1.165, 1.54) is 24.3 Å². The van der Waals surface area contributed by atoms with E-state index in [-0.39, 0.29) is 17.2 Å². The normalized spacial score (nSPS) is 11.7. The first-order valence-corrected chi connectivity index (χ1v) is 6.40. The van der Waals surface area contributed by atoms with Gasteiger partial charge in [-0.25, -0.2) is 0 Å². The minimum Gasteiger partial charge on any atom is -0.457 e. The predicted octanol–water partition coefficient (Wildman–Crippen LogP) is 2.76. The molecule has 1 atom stereocenters. The number of nitrogens with zero attached hydrogens (tertiary/aromatic N) is 1. The van der Waals surface area contributed by atoms with Crippen molar-refractivity contribution in [3.63, 3.8) is 0 Å². The number of rotatable bonds is 7. The summed E-state index contributed by atoms with van der Waals surface area (Å²) in [4.78, 5) is 33.4. The predicted molar refractivity (Wildman–Crippen MR) is 72.5 cm³/mol. The molecule has 0 bridgehead atoms. The van der Waals surface area contributed by atoms with Crippen LogP contribution in [0.4, 0.5) is 5.69 Å². The van der Waals surface area contributed by atoms with Crippen LogP contribution in [0.5, 0.6) is 0 Å². The first-order chi connectivity index (χ1) is 9.45. The van der Waals surface area contributed by atoms with Crippen LogP contribution in [0.1, 0.15) is 37.0 Å². The molecule has 20 heavy (non-hydrogen) atoms. The zero-order valence-electron chi connectivity index (χ0n) is 11.5. The summed E-state index contributed by atoms with van der Waals surface area (Å²) in [7, 11) is 0. The van der Waals surface area contributed by atoms with E-state index < -0.39 is 23.3 Å². The second-order valence-electron chi connectivity index (χ2n) is 4.53. The molecule has 1 rings (SSSR count). The molecule has 1 unspecified atom stereocenters. The van der Waals surface area contributed by atoms with Crippen LogP contribution in [0, 0.1) is 16.0 Å². The summed E-state index contributed by atoms with van der Waals surface area (Å²) in [6.45, 7) is 3.30. The fourth-order valence-corrected chi connectivity index (χ4v) is 1.71. The number of hydrogen-bond acceptors (Lipinski definition) is 5. The van der Waals surface area contributed by atoms with Crippen molar-refractivity contribution in [2.24, 2.45) is 5.92 Å². The van der Waals surface area contributed by atoms with Gasteiger partial charge in [-0.05, 0) is 6.42 Å². The second-order valence-corrected chi connectivity index (χ2v) is 4.53. The number of carbonyl (C=O) groups excluding carboxylic acids is 2. The summed E-state index contributed by atoms with van der Waals surface area (Å²) in [5, 5.41) is 10.6. The van der Waals surface area contributed by atoms with Crippen molar-refractivity contribution in [1.82, 2.24) is 0 Å². The lowest BCUT2D eigenvalue weighted by molar-refractivity contribution is -0.384. The third-order valence-corrected chi connectivity index (χ3v) is 2.85. The summed E-state index contributed by atoms with van der Waals surface area (Å²) in [5.74, 6) is -1.13. The fraction of sp³-hybridized carbons (Fsp3) is 0.429. The summed E-state index contributed by atoms with van der Waals surface area (Å²) < 4.78 is 4.91. The highest BCUT2D eigenvalue weighted by Crippen LogP contribution is 2.14. The van der Waals surface area contributed by atoms with E-state index in [1.54, 1.807) is 6.92 Å². The van der Waals surface area contributed by atoms with Gasteiger partial charge in [0.2, 0.25) is 5.78 Å². The van der Waals surface area contributed by atoms with Gasteiger partial charge in [0.25, 0.3) is 5.69 Å². The average Bonchev–Trinajstić information content (AvgIpc) is 2.44. The molecule has 0 fully saturated rings. The number of hydrogen-bond donors (Lipinski definition) is 0. The van der Waals surface area contributed by atoms with E-state index in [0.29, 0.717) is 6.42 Å². The van der Waals surface area contributed by atoms with Crippen LogP contribution in [0.2, 0.25) is 0 Å². The van der Waals surface area contributed by atoms with Crippen LogP contribution >= 0.6 is 0 Å². The molecular weight excluding hydrogens is 262 g/mol. The van der Waals surface area contributed by atoms with E-state index in [0.717, 1.165) is 6.42 Å². The van der Waals surface area contributed by atoms with Gasteiger partial charge >= 0.3 is 5.97 Å². The molecule has 1 aromatic rings. The molecule has 0 aliphatic rings. The maximum absolute atomic E-state index is 11.8. The van der Waals surface area contributed by atoms with Crippen molar-refractivity contribution in [2.75, 3.05) is 6.61 Å². The molecule has 0 saturated heterocycles. The molecule has 0 amide bonds. The number of ketones is 1. The highest BCUT2D eigenvalue weighted by Gasteiger charge is 2.17. The number of nitro groups is 1. The molecule has 0 spiro atoms. The van der Waals surface area contributed by atoms with Crippen molar-refractivity contribution in [2.45, 2.75) is 26.7 Å². The summed E-state index contributed by atoms with van der Waals surface area (Å²) in [5.41, 5.74) is -0.00308. The van der Waals surface area contributed by atoms with Crippen LogP contribution in [-0.2, 0) is 9.53 Å². The van der Waals surface area contributed by atoms with Gasteiger partial charge in [0.05, 0.1) is 10.8 Å². The lowest BCUT2D eigenvalue weighted by atomic mass is 10.1. The van der Waals surface area contributed by atoms with Crippen molar-refractivity contribution >= 4 is 17.4 Å². The Morgan fingerprint density at radius 3 is 2.70 bits per heavy atom. The molecule has 6 heteroatoms. The first kappa shape index (κ1) is 15.8. The number of ether oxygens (including phenoxy) is 1. The molecule has 0 aliphatic carbocycles. The molecule has 6 nitrogen and oxygen atoms in total. The first-order valence-electron chi connectivity index (χ1n) is 6.40. The maximum atomic E-state index is 11.8. The number of benzene rings is 1. The number of carbonyl (C=O) groups is 2. The van der Waals surface area contributed by atoms with Gasteiger partial charge in [0.1, 0.15) is 0 Å². The fourth-order valence-electron chi connectivity index (χ4n) is 1.71. The third kappa shape index (κ3) is 4.46. The Morgan fingerprint density at radius 1 is 1.40 bits per heavy atom. The Bertz CT molecular complexity index is 512. The van der Waals surface area contributed by atoms with Gasteiger partial charge in [-0.15, -0.1) is 0 Å². The van der Waals surface area contributed by atoms with Crippen LogP contribution in [-0.4, -0.2) is 23.3 Å². The number of non-ortho nitro benzene ring substituents is 1. The van der Waals surface area contributed by atoms with E-state index >= 15 is 0 Å². The van der Waals surface area contributed by atoms with Crippen molar-refractivity contribution in [3.05, 3.63) is 39.9 Å². The van der Waals surface area contributed by atoms with Crippen LogP contribution < -0.4 is 0 Å². The Morgan fingerprint density at radius 2 is 2.10 bits per heavy atom. The van der Waals surface area contributed by atoms with Gasteiger partial charge in [-0.2, -0.15) is 0 Å². The van der Waals surface area contributed by atoms with Gasteiger partial charge < -0.3 is 4.74 Å². The minimum absolute atomic E-state index is 0.162. The Kier molecular flexibility index (Phi) is 5.83. The SMILES string of the molecule is CCCC(C)C(=O)OCC(=O)c1cccc([N+](=O)[O-])c1. The number of Topliss-reactive ketones (excluding diaryl/α,β-unsaturated/α-hetero) is 1. The van der Waals surface area contributed by atoms with E-state index in [4.69, 9.17) is 4.74 Å². The highest BCUT2D eigenvalue weighted by atomic mass is 16.6.